The van der Waals surface area contributed by atoms with E-state index in [1.807, 2.05) is 55.9 Å². The number of hydrogen-bond acceptors (Lipinski definition) is 6. The third-order valence-electron chi connectivity index (χ3n) is 5.80. The van der Waals surface area contributed by atoms with Gasteiger partial charge in [0.1, 0.15) is 23.3 Å². The third kappa shape index (κ3) is 6.45. The van der Waals surface area contributed by atoms with Crippen LogP contribution in [-0.2, 0) is 9.53 Å². The number of hydrogen-bond donors (Lipinski definition) is 2. The largest absolute Gasteiger partial charge is 0.458 e. The van der Waals surface area contributed by atoms with Crippen LogP contribution >= 0.6 is 0 Å². The van der Waals surface area contributed by atoms with E-state index in [1.165, 1.54) is 32.1 Å². The van der Waals surface area contributed by atoms with Gasteiger partial charge in [-0.05, 0) is 58.1 Å². The molecule has 2 aliphatic carbocycles. The van der Waals surface area contributed by atoms with Gasteiger partial charge in [0, 0.05) is 24.5 Å². The molecule has 7 nitrogen and oxygen atoms in total. The summed E-state index contributed by atoms with van der Waals surface area (Å²) < 4.78 is 7.71. The van der Waals surface area contributed by atoms with Gasteiger partial charge in [0.25, 0.3) is 0 Å². The minimum Gasteiger partial charge on any atom is -0.458 e. The van der Waals surface area contributed by atoms with E-state index in [2.05, 4.69) is 20.6 Å². The van der Waals surface area contributed by atoms with Crippen molar-refractivity contribution < 1.29 is 9.53 Å². The molecule has 2 heterocycles. The van der Waals surface area contributed by atoms with E-state index in [9.17, 15) is 4.79 Å². The Morgan fingerprint density at radius 3 is 2.48 bits per heavy atom. The quantitative estimate of drug-likeness (QED) is 0.584. The average Bonchev–Trinajstić information content (AvgIpc) is 3.35. The van der Waals surface area contributed by atoms with Crippen LogP contribution in [0.1, 0.15) is 72.1 Å². The monoisotopic (exact) mass is 425 g/mol. The first-order valence-corrected chi connectivity index (χ1v) is 11.6. The zero-order valence-electron chi connectivity index (χ0n) is 18.9. The highest BCUT2D eigenvalue weighted by Crippen LogP contribution is 2.30. The van der Waals surface area contributed by atoms with E-state index in [-0.39, 0.29) is 5.97 Å². The number of esters is 1. The van der Waals surface area contributed by atoms with Gasteiger partial charge >= 0.3 is 5.97 Å². The number of carbonyl (C=O) groups is 1. The fourth-order valence-corrected chi connectivity index (χ4v) is 4.12. The van der Waals surface area contributed by atoms with E-state index >= 15 is 0 Å². The van der Waals surface area contributed by atoms with Gasteiger partial charge in [-0.3, -0.25) is 0 Å². The summed E-state index contributed by atoms with van der Waals surface area (Å²) >= 11 is 0. The second kappa shape index (κ2) is 9.28. The highest BCUT2D eigenvalue weighted by molar-refractivity contribution is 5.79. The minimum absolute atomic E-state index is 0.212. The molecule has 1 unspecified atom stereocenters. The van der Waals surface area contributed by atoms with Crippen LogP contribution in [0.3, 0.4) is 0 Å². The normalized spacial score (nSPS) is 18.4. The fourth-order valence-electron chi connectivity index (χ4n) is 4.12. The van der Waals surface area contributed by atoms with Gasteiger partial charge in [0.2, 0.25) is 5.95 Å². The number of nitrogens with zero attached hydrogens (tertiary/aromatic N) is 3. The third-order valence-corrected chi connectivity index (χ3v) is 5.80. The zero-order chi connectivity index (χ0) is 21.8. The van der Waals surface area contributed by atoms with Gasteiger partial charge in [-0.15, -0.1) is 0 Å². The van der Waals surface area contributed by atoms with E-state index in [0.29, 0.717) is 23.7 Å². The number of ether oxygens (including phenoxy) is 1. The lowest BCUT2D eigenvalue weighted by atomic mass is 9.85. The highest BCUT2D eigenvalue weighted by atomic mass is 16.6. The number of nitrogens with one attached hydrogen (secondary N) is 2. The molecule has 0 saturated heterocycles. The Hall–Kier alpha value is -2.57. The van der Waals surface area contributed by atoms with E-state index in [1.54, 1.807) is 0 Å². The van der Waals surface area contributed by atoms with Crippen molar-refractivity contribution >= 4 is 17.7 Å². The van der Waals surface area contributed by atoms with Crippen LogP contribution in [-0.4, -0.2) is 38.2 Å². The van der Waals surface area contributed by atoms with Crippen LogP contribution in [0, 0.1) is 5.92 Å². The predicted molar refractivity (Wildman–Crippen MR) is 122 cm³/mol. The first-order chi connectivity index (χ1) is 14.9. The summed E-state index contributed by atoms with van der Waals surface area (Å²) in [7, 11) is 0. The van der Waals surface area contributed by atoms with Crippen LogP contribution in [0.2, 0.25) is 0 Å². The molecule has 0 aromatic carbocycles. The molecule has 2 aromatic heterocycles. The maximum Gasteiger partial charge on any atom is 0.329 e. The summed E-state index contributed by atoms with van der Waals surface area (Å²) in [5.74, 6) is 2.33. The molecule has 2 aliphatic rings. The molecule has 0 radical (unpaired) electrons. The Balaban J connectivity index is 1.57. The lowest BCUT2D eigenvalue weighted by molar-refractivity contribution is -0.156. The van der Waals surface area contributed by atoms with Crippen LogP contribution in [0.15, 0.2) is 30.6 Å². The molecule has 31 heavy (non-hydrogen) atoms. The Bertz CT molecular complexity index is 865. The second-order valence-electron chi connectivity index (χ2n) is 9.91. The molecule has 2 fully saturated rings. The predicted octanol–water partition coefficient (Wildman–Crippen LogP) is 4.93. The molecular weight excluding hydrogens is 390 g/mol. The molecule has 2 N–H and O–H groups in total. The lowest BCUT2D eigenvalue weighted by Crippen LogP contribution is -2.38. The topological polar surface area (TPSA) is 81.1 Å². The molecule has 7 heteroatoms. The molecule has 168 valence electrons. The van der Waals surface area contributed by atoms with Gasteiger partial charge in [-0.25, -0.2) is 4.79 Å². The summed E-state index contributed by atoms with van der Waals surface area (Å²) in [5, 5.41) is 6.80. The number of anilines is 2. The van der Waals surface area contributed by atoms with Gasteiger partial charge < -0.3 is 19.9 Å². The fraction of sp³-hybridized carbons (Fsp3) is 0.625. The molecule has 0 aliphatic heterocycles. The molecule has 0 bridgehead atoms. The Kier molecular flexibility index (Phi) is 6.49. The summed E-state index contributed by atoms with van der Waals surface area (Å²) in [6.45, 7) is 5.74. The molecule has 1 atom stereocenters. The van der Waals surface area contributed by atoms with Crippen molar-refractivity contribution in [3.8, 4) is 5.82 Å². The molecule has 0 amide bonds. The first kappa shape index (κ1) is 21.7. The van der Waals surface area contributed by atoms with Crippen molar-refractivity contribution in [2.24, 2.45) is 5.92 Å². The standard InChI is InChI=1S/C24H35N5O2/c1-24(2,3)31-22(30)19(15-17-9-5-4-6-10-17)26-20-16-21(29-13-7-8-14-29)28-23(27-20)25-18-11-12-18/h7-8,13-14,16-19H,4-6,9-12,15H2,1-3H3,(H2,25,26,27,28). The molecule has 2 aromatic rings. The van der Waals surface area contributed by atoms with Crippen LogP contribution in [0.25, 0.3) is 5.82 Å². The van der Waals surface area contributed by atoms with Crippen molar-refractivity contribution in [3.63, 3.8) is 0 Å². The number of aromatic nitrogens is 3. The molecule has 4 rings (SSSR count). The molecule has 2 saturated carbocycles. The molecule has 0 spiro atoms. The maximum atomic E-state index is 13.1. The van der Waals surface area contributed by atoms with Gasteiger partial charge in [0.05, 0.1) is 0 Å². The van der Waals surface area contributed by atoms with E-state index < -0.39 is 11.6 Å². The first-order valence-electron chi connectivity index (χ1n) is 11.6. The van der Waals surface area contributed by atoms with Crippen molar-refractivity contribution in [1.82, 2.24) is 14.5 Å². The van der Waals surface area contributed by atoms with E-state index in [0.717, 1.165) is 25.1 Å². The van der Waals surface area contributed by atoms with Crippen molar-refractivity contribution in [2.75, 3.05) is 10.6 Å². The van der Waals surface area contributed by atoms with Crippen molar-refractivity contribution in [1.29, 1.82) is 0 Å². The zero-order valence-corrected chi connectivity index (χ0v) is 18.9. The van der Waals surface area contributed by atoms with Gasteiger partial charge in [-0.2, -0.15) is 9.97 Å². The SMILES string of the molecule is CC(C)(C)OC(=O)C(CC1CCCCC1)Nc1cc(-n2cccc2)nc(NC2CC2)n1. The second-order valence-corrected chi connectivity index (χ2v) is 9.91. The summed E-state index contributed by atoms with van der Waals surface area (Å²) in [6, 6.07) is 5.85. The Morgan fingerprint density at radius 2 is 1.84 bits per heavy atom. The maximum absolute atomic E-state index is 13.1. The van der Waals surface area contributed by atoms with Crippen LogP contribution < -0.4 is 10.6 Å². The van der Waals surface area contributed by atoms with E-state index in [4.69, 9.17) is 4.74 Å². The van der Waals surface area contributed by atoms with Crippen molar-refractivity contribution in [2.45, 2.75) is 89.8 Å². The summed E-state index contributed by atoms with van der Waals surface area (Å²) in [4.78, 5) is 22.4. The lowest BCUT2D eigenvalue weighted by Gasteiger charge is -2.29. The van der Waals surface area contributed by atoms with Crippen LogP contribution in [0.5, 0.6) is 0 Å². The van der Waals surface area contributed by atoms with Crippen LogP contribution in [0.4, 0.5) is 11.8 Å². The summed E-state index contributed by atoms with van der Waals surface area (Å²) in [5.41, 5.74) is -0.524. The van der Waals surface area contributed by atoms with Gasteiger partial charge in [0.15, 0.2) is 0 Å². The minimum atomic E-state index is -0.524. The highest BCUT2D eigenvalue weighted by Gasteiger charge is 2.29. The van der Waals surface area contributed by atoms with Gasteiger partial charge in [-0.1, -0.05) is 32.1 Å². The summed E-state index contributed by atoms with van der Waals surface area (Å²) in [6.07, 6.45) is 13.1. The molecular formula is C24H35N5O2. The Morgan fingerprint density at radius 1 is 1.13 bits per heavy atom. The number of carbonyl (C=O) groups excluding carboxylic acids is 1. The number of rotatable bonds is 8. The average molecular weight is 426 g/mol. The smallest absolute Gasteiger partial charge is 0.329 e. The Labute approximate surface area is 185 Å². The van der Waals surface area contributed by atoms with Crippen molar-refractivity contribution in [3.05, 3.63) is 30.6 Å².